The average Bonchev–Trinajstić information content (AvgIpc) is 2.85. The number of ether oxygens (including phenoxy) is 4. The topological polar surface area (TPSA) is 77.4 Å². The number of rotatable bonds is 2. The van der Waals surface area contributed by atoms with Crippen LogP contribution in [0.25, 0.3) is 0 Å². The lowest BCUT2D eigenvalue weighted by atomic mass is 9.39. The third-order valence-electron chi connectivity index (χ3n) is 11.7. The highest BCUT2D eigenvalue weighted by atomic mass is 16.7. The zero-order valence-corrected chi connectivity index (χ0v) is 23.6. The molecule has 4 fully saturated rings. The molecule has 3 aliphatic carbocycles. The Labute approximate surface area is 221 Å². The number of hydrogen-bond acceptors (Lipinski definition) is 6. The van der Waals surface area contributed by atoms with Gasteiger partial charge in [-0.25, -0.2) is 0 Å². The number of hydrogen-bond donors (Lipinski definition) is 2. The molecule has 2 heterocycles. The Hall–Kier alpha value is -1.44. The SMILES string of the molecule is COc1ccc(C2O[C@H]3C[C@H]4OC[C@@]4(C)[C@H]4[C@H](C)[C@]5(O)C[C@H](O)C(C)=C([C@H](C)[C@H](O2)[C@]34C)C5(C)C)cc1. The monoisotopic (exact) mass is 512 g/mol. The summed E-state index contributed by atoms with van der Waals surface area (Å²) < 4.78 is 25.4. The van der Waals surface area contributed by atoms with Crippen molar-refractivity contribution in [2.24, 2.45) is 34.0 Å². The molecule has 6 rings (SSSR count). The Morgan fingerprint density at radius 3 is 2.27 bits per heavy atom. The van der Waals surface area contributed by atoms with Crippen molar-refractivity contribution >= 4 is 0 Å². The van der Waals surface area contributed by atoms with Crippen LogP contribution in [-0.4, -0.2) is 53.9 Å². The van der Waals surface area contributed by atoms with Gasteiger partial charge in [-0.05, 0) is 36.5 Å². The molecule has 37 heavy (non-hydrogen) atoms. The van der Waals surface area contributed by atoms with Gasteiger partial charge in [0.05, 0.1) is 43.7 Å². The fraction of sp³-hybridized carbons (Fsp3) is 0.742. The first-order valence-corrected chi connectivity index (χ1v) is 14.0. The van der Waals surface area contributed by atoms with Crippen molar-refractivity contribution in [1.82, 2.24) is 0 Å². The number of fused-ring (bicyclic) bond motifs is 4. The van der Waals surface area contributed by atoms with Crippen LogP contribution >= 0.6 is 0 Å². The summed E-state index contributed by atoms with van der Waals surface area (Å²) in [5.41, 5.74) is 1.08. The second-order valence-corrected chi connectivity index (χ2v) is 13.6. The zero-order valence-electron chi connectivity index (χ0n) is 23.6. The Kier molecular flexibility index (Phi) is 5.61. The van der Waals surface area contributed by atoms with Gasteiger partial charge in [0, 0.05) is 40.6 Å². The molecule has 204 valence electrons. The fourth-order valence-electron chi connectivity index (χ4n) is 9.88. The molecule has 0 aromatic heterocycles. The van der Waals surface area contributed by atoms with E-state index in [0.717, 1.165) is 28.9 Å². The lowest BCUT2D eigenvalue weighted by Crippen LogP contribution is -2.76. The van der Waals surface area contributed by atoms with Crippen molar-refractivity contribution in [3.63, 3.8) is 0 Å². The molecule has 6 nitrogen and oxygen atoms in total. The lowest BCUT2D eigenvalue weighted by Gasteiger charge is -2.72. The van der Waals surface area contributed by atoms with E-state index in [1.807, 2.05) is 31.2 Å². The van der Waals surface area contributed by atoms with Crippen LogP contribution in [0.3, 0.4) is 0 Å². The summed E-state index contributed by atoms with van der Waals surface area (Å²) in [6.45, 7) is 16.2. The van der Waals surface area contributed by atoms with Gasteiger partial charge in [0.1, 0.15) is 5.75 Å². The van der Waals surface area contributed by atoms with Crippen molar-refractivity contribution in [1.29, 1.82) is 0 Å². The normalized spacial score (nSPS) is 50.2. The molecular formula is C31H44O6. The van der Waals surface area contributed by atoms with E-state index in [9.17, 15) is 10.2 Å². The molecule has 2 bridgehead atoms. The predicted molar refractivity (Wildman–Crippen MR) is 140 cm³/mol. The van der Waals surface area contributed by atoms with E-state index in [1.54, 1.807) is 7.11 Å². The van der Waals surface area contributed by atoms with Crippen molar-refractivity contribution in [3.05, 3.63) is 41.0 Å². The molecule has 1 aromatic carbocycles. The maximum Gasteiger partial charge on any atom is 0.184 e. The summed E-state index contributed by atoms with van der Waals surface area (Å²) in [4.78, 5) is 0. The maximum absolute atomic E-state index is 12.6. The van der Waals surface area contributed by atoms with E-state index in [-0.39, 0.29) is 46.9 Å². The second kappa shape index (κ2) is 8.04. The minimum absolute atomic E-state index is 0.00947. The van der Waals surface area contributed by atoms with Crippen LogP contribution in [0.15, 0.2) is 35.4 Å². The van der Waals surface area contributed by atoms with Crippen molar-refractivity contribution in [3.8, 4) is 5.75 Å². The van der Waals surface area contributed by atoms with E-state index in [2.05, 4.69) is 41.5 Å². The summed E-state index contributed by atoms with van der Waals surface area (Å²) in [5.74, 6) is 0.791. The Morgan fingerprint density at radius 2 is 1.68 bits per heavy atom. The smallest absolute Gasteiger partial charge is 0.184 e. The highest BCUT2D eigenvalue weighted by Crippen LogP contribution is 2.70. The summed E-state index contributed by atoms with van der Waals surface area (Å²) in [6, 6.07) is 7.93. The van der Waals surface area contributed by atoms with E-state index < -0.39 is 23.4 Å². The first-order valence-electron chi connectivity index (χ1n) is 14.0. The summed E-state index contributed by atoms with van der Waals surface area (Å²) >= 11 is 0. The Balaban J connectivity index is 1.55. The number of aliphatic hydroxyl groups is 2. The van der Waals surface area contributed by atoms with E-state index in [4.69, 9.17) is 18.9 Å². The molecule has 2 saturated heterocycles. The van der Waals surface area contributed by atoms with Crippen LogP contribution in [0.2, 0.25) is 0 Å². The van der Waals surface area contributed by atoms with E-state index in [1.165, 1.54) is 0 Å². The fourth-order valence-corrected chi connectivity index (χ4v) is 9.88. The molecule has 1 aromatic rings. The van der Waals surface area contributed by atoms with Gasteiger partial charge in [0.15, 0.2) is 6.29 Å². The van der Waals surface area contributed by atoms with Crippen molar-refractivity contribution < 1.29 is 29.2 Å². The molecule has 0 radical (unpaired) electrons. The van der Waals surface area contributed by atoms with Crippen molar-refractivity contribution in [2.45, 2.75) is 97.6 Å². The van der Waals surface area contributed by atoms with Gasteiger partial charge in [0.2, 0.25) is 0 Å². The Bertz CT molecular complexity index is 1110. The highest BCUT2D eigenvalue weighted by molar-refractivity contribution is 5.38. The molecule has 0 spiro atoms. The van der Waals surface area contributed by atoms with Gasteiger partial charge in [-0.3, -0.25) is 0 Å². The standard InChI is InChI=1S/C31H44O6/c1-16-21(32)14-31(33)18(3)25-29(6)15-35-22(29)13-23-30(25,7)26(17(2)24(16)28(31,4)5)37-27(36-23)19-9-11-20(34-8)12-10-19/h9-12,17-18,21-23,25-27,32-33H,13-15H2,1-8H3/t17-,18-,21-,22+,23-,25+,26-,27?,29+,30+,31+/m0/s1. The minimum atomic E-state index is -1.06. The molecule has 2 saturated carbocycles. The molecule has 0 amide bonds. The van der Waals surface area contributed by atoms with Crippen LogP contribution < -0.4 is 4.74 Å². The molecular weight excluding hydrogens is 468 g/mol. The Morgan fingerprint density at radius 1 is 1.00 bits per heavy atom. The first kappa shape index (κ1) is 25.8. The zero-order chi connectivity index (χ0) is 26.7. The minimum Gasteiger partial charge on any atom is -0.497 e. The lowest BCUT2D eigenvalue weighted by molar-refractivity contribution is -0.393. The number of aliphatic hydroxyl groups excluding tert-OH is 1. The molecule has 11 atom stereocenters. The van der Waals surface area contributed by atoms with Gasteiger partial charge in [0.25, 0.3) is 0 Å². The van der Waals surface area contributed by atoms with E-state index >= 15 is 0 Å². The van der Waals surface area contributed by atoms with Gasteiger partial charge in [-0.15, -0.1) is 0 Å². The third-order valence-corrected chi connectivity index (χ3v) is 11.7. The molecule has 5 aliphatic rings. The van der Waals surface area contributed by atoms with Crippen molar-refractivity contribution in [2.75, 3.05) is 13.7 Å². The van der Waals surface area contributed by atoms with Gasteiger partial charge in [-0.1, -0.05) is 59.2 Å². The molecule has 2 N–H and O–H groups in total. The summed E-state index contributed by atoms with van der Waals surface area (Å²) in [7, 11) is 1.67. The summed E-state index contributed by atoms with van der Waals surface area (Å²) in [5, 5.41) is 23.9. The quantitative estimate of drug-likeness (QED) is 0.541. The predicted octanol–water partition coefficient (Wildman–Crippen LogP) is 5.03. The number of benzene rings is 1. The van der Waals surface area contributed by atoms with Crippen LogP contribution in [0.1, 0.15) is 73.2 Å². The largest absolute Gasteiger partial charge is 0.497 e. The highest BCUT2D eigenvalue weighted by Gasteiger charge is 2.74. The molecule has 2 aliphatic heterocycles. The van der Waals surface area contributed by atoms with Gasteiger partial charge >= 0.3 is 0 Å². The van der Waals surface area contributed by atoms with E-state index in [0.29, 0.717) is 13.0 Å². The van der Waals surface area contributed by atoms with Gasteiger partial charge in [-0.2, -0.15) is 0 Å². The number of methoxy groups -OCH3 is 1. The third kappa shape index (κ3) is 3.11. The molecule has 6 heteroatoms. The van der Waals surface area contributed by atoms with Crippen LogP contribution in [0.5, 0.6) is 5.75 Å². The van der Waals surface area contributed by atoms with Crippen LogP contribution in [-0.2, 0) is 14.2 Å². The van der Waals surface area contributed by atoms with Crippen LogP contribution in [0.4, 0.5) is 0 Å². The second-order valence-electron chi connectivity index (χ2n) is 13.6. The van der Waals surface area contributed by atoms with Crippen LogP contribution in [0, 0.1) is 34.0 Å². The summed E-state index contributed by atoms with van der Waals surface area (Å²) in [6.07, 6.45) is -0.153. The molecule has 1 unspecified atom stereocenters. The maximum atomic E-state index is 12.6. The first-order chi connectivity index (χ1) is 17.3. The van der Waals surface area contributed by atoms with Gasteiger partial charge < -0.3 is 29.2 Å². The average molecular weight is 513 g/mol.